The highest BCUT2D eigenvalue weighted by atomic mass is 19.1. The predicted molar refractivity (Wildman–Crippen MR) is 152 cm³/mol. The summed E-state index contributed by atoms with van der Waals surface area (Å²) in [6.07, 6.45) is 2.01. The summed E-state index contributed by atoms with van der Waals surface area (Å²) in [4.78, 5) is 4.45. The van der Waals surface area contributed by atoms with Gasteiger partial charge in [0.25, 0.3) is 0 Å². The third-order valence-electron chi connectivity index (χ3n) is 7.50. The normalized spacial score (nSPS) is 15.8. The highest BCUT2D eigenvalue weighted by Gasteiger charge is 2.27. The topological polar surface area (TPSA) is 50.8 Å². The Labute approximate surface area is 225 Å². The summed E-state index contributed by atoms with van der Waals surface area (Å²) in [5.41, 5.74) is 4.15. The molecule has 2 unspecified atom stereocenters. The summed E-state index contributed by atoms with van der Waals surface area (Å²) in [6.45, 7) is 4.10. The number of piperazine rings is 1. The number of rotatable bonds is 12. The summed E-state index contributed by atoms with van der Waals surface area (Å²) >= 11 is 0. The zero-order valence-electron chi connectivity index (χ0n) is 22.4. The molecule has 1 aliphatic heterocycles. The zero-order chi connectivity index (χ0) is 26.9. The van der Waals surface area contributed by atoms with E-state index in [1.54, 1.807) is 0 Å². The van der Waals surface area contributed by atoms with Crippen molar-refractivity contribution in [3.05, 3.63) is 95.6 Å². The molecule has 0 aromatic heterocycles. The Balaban J connectivity index is 1.42. The molecule has 3 aromatic rings. The van der Waals surface area contributed by atoms with Crippen molar-refractivity contribution in [3.8, 4) is 0 Å². The lowest BCUT2D eigenvalue weighted by Crippen LogP contribution is -2.53. The molecule has 1 aliphatic rings. The van der Waals surface area contributed by atoms with Gasteiger partial charge in [0, 0.05) is 70.2 Å². The number of aliphatic hydroxyl groups is 1. The van der Waals surface area contributed by atoms with Gasteiger partial charge in [-0.05, 0) is 72.5 Å². The summed E-state index contributed by atoms with van der Waals surface area (Å²) < 4.78 is 27.2. The van der Waals surface area contributed by atoms with E-state index in [9.17, 15) is 13.9 Å². The quantitative estimate of drug-likeness (QED) is 0.310. The molecule has 3 N–H and O–H groups in total. The largest absolute Gasteiger partial charge is 0.390 e. The van der Waals surface area contributed by atoms with Gasteiger partial charge in [0.15, 0.2) is 0 Å². The maximum atomic E-state index is 13.6. The monoisotopic (exact) mass is 522 g/mol. The molecule has 2 atom stereocenters. The van der Waals surface area contributed by atoms with Crippen molar-refractivity contribution in [1.82, 2.24) is 10.2 Å². The number of anilines is 2. The molecule has 0 bridgehead atoms. The van der Waals surface area contributed by atoms with E-state index >= 15 is 0 Å². The molecule has 1 saturated heterocycles. The minimum absolute atomic E-state index is 0.0210. The molecule has 1 heterocycles. The van der Waals surface area contributed by atoms with Crippen LogP contribution in [0.2, 0.25) is 0 Å². The SMILES string of the molecule is CN(C)c1ccc(NCC(O)C(CCCC(c2ccc(F)cc2)c2ccc(F)cc2)N2CCNCC2)cc1. The third-order valence-corrected chi connectivity index (χ3v) is 7.50. The van der Waals surface area contributed by atoms with E-state index in [1.165, 1.54) is 24.3 Å². The van der Waals surface area contributed by atoms with Gasteiger partial charge >= 0.3 is 0 Å². The van der Waals surface area contributed by atoms with Gasteiger partial charge in [0.1, 0.15) is 11.6 Å². The van der Waals surface area contributed by atoms with Crippen LogP contribution in [0.25, 0.3) is 0 Å². The van der Waals surface area contributed by atoms with Gasteiger partial charge in [-0.25, -0.2) is 8.78 Å². The van der Waals surface area contributed by atoms with E-state index in [1.807, 2.05) is 50.5 Å². The number of hydrogen-bond donors (Lipinski definition) is 3. The second-order valence-corrected chi connectivity index (χ2v) is 10.3. The highest BCUT2D eigenvalue weighted by molar-refractivity contribution is 5.54. The van der Waals surface area contributed by atoms with Crippen molar-refractivity contribution in [2.75, 3.05) is 57.0 Å². The molecule has 0 spiro atoms. The Morgan fingerprint density at radius 3 is 1.92 bits per heavy atom. The lowest BCUT2D eigenvalue weighted by molar-refractivity contribution is 0.0433. The van der Waals surface area contributed by atoms with Crippen LogP contribution in [-0.2, 0) is 0 Å². The molecule has 3 aromatic carbocycles. The fraction of sp³-hybridized carbons (Fsp3) is 0.419. The van der Waals surface area contributed by atoms with Gasteiger partial charge in [0.05, 0.1) is 6.10 Å². The lowest BCUT2D eigenvalue weighted by atomic mass is 9.86. The van der Waals surface area contributed by atoms with Crippen LogP contribution in [-0.4, -0.2) is 69.0 Å². The van der Waals surface area contributed by atoms with E-state index < -0.39 is 6.10 Å². The summed E-state index contributed by atoms with van der Waals surface area (Å²) in [5.74, 6) is -0.500. The molecule has 7 heteroatoms. The highest BCUT2D eigenvalue weighted by Crippen LogP contribution is 2.31. The average molecular weight is 523 g/mol. The summed E-state index contributed by atoms with van der Waals surface area (Å²) in [6, 6.07) is 21.4. The molecule has 4 rings (SSSR count). The maximum Gasteiger partial charge on any atom is 0.123 e. The van der Waals surface area contributed by atoms with E-state index in [-0.39, 0.29) is 23.6 Å². The van der Waals surface area contributed by atoms with Crippen molar-refractivity contribution in [2.24, 2.45) is 0 Å². The molecule has 1 fully saturated rings. The van der Waals surface area contributed by atoms with E-state index in [0.29, 0.717) is 6.54 Å². The molecule has 0 aliphatic carbocycles. The predicted octanol–water partition coefficient (Wildman–Crippen LogP) is 5.08. The number of nitrogens with zero attached hydrogens (tertiary/aromatic N) is 2. The first-order chi connectivity index (χ1) is 18.4. The van der Waals surface area contributed by atoms with Crippen molar-refractivity contribution in [1.29, 1.82) is 0 Å². The van der Waals surface area contributed by atoms with Crippen LogP contribution in [0, 0.1) is 11.6 Å². The van der Waals surface area contributed by atoms with E-state index in [0.717, 1.165) is 67.9 Å². The average Bonchev–Trinajstić information content (AvgIpc) is 2.94. The molecular weight excluding hydrogens is 482 g/mol. The van der Waals surface area contributed by atoms with Gasteiger partial charge in [-0.3, -0.25) is 4.90 Å². The Bertz CT molecular complexity index is 1050. The smallest absolute Gasteiger partial charge is 0.123 e. The fourth-order valence-electron chi connectivity index (χ4n) is 5.32. The number of halogens is 2. The molecular formula is C31H40F2N4O. The number of aliphatic hydroxyl groups excluding tert-OH is 1. The maximum absolute atomic E-state index is 13.6. The van der Waals surface area contributed by atoms with Gasteiger partial charge in [-0.1, -0.05) is 30.7 Å². The number of hydrogen-bond acceptors (Lipinski definition) is 5. The molecule has 0 amide bonds. The second-order valence-electron chi connectivity index (χ2n) is 10.3. The van der Waals surface area contributed by atoms with Crippen molar-refractivity contribution < 1.29 is 13.9 Å². The standard InChI is InChI=1S/C31H40F2N4O/c1-36(2)28-16-14-27(15-17-28)35-22-31(38)30(37-20-18-34-19-21-37)5-3-4-29(23-6-10-25(32)11-7-23)24-8-12-26(33)13-9-24/h6-17,29-31,34-35,38H,3-5,18-22H2,1-2H3. The van der Waals surface area contributed by atoms with Crippen LogP contribution >= 0.6 is 0 Å². The van der Waals surface area contributed by atoms with Gasteiger partial charge < -0.3 is 20.6 Å². The van der Waals surface area contributed by atoms with Crippen LogP contribution in [0.3, 0.4) is 0 Å². The van der Waals surface area contributed by atoms with Gasteiger partial charge in [-0.2, -0.15) is 0 Å². The lowest BCUT2D eigenvalue weighted by Gasteiger charge is -2.38. The van der Waals surface area contributed by atoms with Gasteiger partial charge in [-0.15, -0.1) is 0 Å². The van der Waals surface area contributed by atoms with Crippen LogP contribution < -0.4 is 15.5 Å². The van der Waals surface area contributed by atoms with Crippen LogP contribution in [0.4, 0.5) is 20.2 Å². The van der Waals surface area contributed by atoms with Crippen LogP contribution in [0.15, 0.2) is 72.8 Å². The molecule has 5 nitrogen and oxygen atoms in total. The minimum Gasteiger partial charge on any atom is -0.390 e. The summed E-state index contributed by atoms with van der Waals surface area (Å²) in [5, 5.41) is 18.1. The third kappa shape index (κ3) is 7.76. The molecule has 204 valence electrons. The first kappa shape index (κ1) is 28.0. The fourth-order valence-corrected chi connectivity index (χ4v) is 5.32. The Morgan fingerprint density at radius 1 is 0.842 bits per heavy atom. The van der Waals surface area contributed by atoms with Crippen molar-refractivity contribution in [3.63, 3.8) is 0 Å². The first-order valence-electron chi connectivity index (χ1n) is 13.6. The molecule has 0 saturated carbocycles. The molecule has 0 radical (unpaired) electrons. The Kier molecular flexibility index (Phi) is 10.1. The number of benzene rings is 3. The molecule has 38 heavy (non-hydrogen) atoms. The van der Waals surface area contributed by atoms with E-state index in [4.69, 9.17) is 0 Å². The van der Waals surface area contributed by atoms with Gasteiger partial charge in [0.2, 0.25) is 0 Å². The minimum atomic E-state index is -0.531. The Hall–Kier alpha value is -3.00. The van der Waals surface area contributed by atoms with Crippen molar-refractivity contribution >= 4 is 11.4 Å². The zero-order valence-corrected chi connectivity index (χ0v) is 22.4. The van der Waals surface area contributed by atoms with E-state index in [2.05, 4.69) is 32.6 Å². The number of nitrogens with one attached hydrogen (secondary N) is 2. The van der Waals surface area contributed by atoms with Crippen LogP contribution in [0.5, 0.6) is 0 Å². The Morgan fingerprint density at radius 2 is 1.39 bits per heavy atom. The second kappa shape index (κ2) is 13.7. The summed E-state index contributed by atoms with van der Waals surface area (Å²) in [7, 11) is 4.03. The van der Waals surface area contributed by atoms with Crippen molar-refractivity contribution in [2.45, 2.75) is 37.3 Å². The van der Waals surface area contributed by atoms with Crippen LogP contribution in [0.1, 0.15) is 36.3 Å². The first-order valence-corrected chi connectivity index (χ1v) is 13.6.